The second-order valence-corrected chi connectivity index (χ2v) is 8.48. The molecule has 0 bridgehead atoms. The Bertz CT molecular complexity index is 1200. The molecule has 0 aliphatic heterocycles. The average Bonchev–Trinajstić information content (AvgIpc) is 3.38. The van der Waals surface area contributed by atoms with Gasteiger partial charge < -0.3 is 9.73 Å². The molecular weight excluding hydrogens is 380 g/mol. The topological polar surface area (TPSA) is 55.1 Å². The third kappa shape index (κ3) is 3.74. The van der Waals surface area contributed by atoms with Crippen molar-refractivity contribution in [2.24, 2.45) is 0 Å². The van der Waals surface area contributed by atoms with E-state index < -0.39 is 0 Å². The zero-order valence-corrected chi connectivity index (χ0v) is 16.8. The molecule has 1 aliphatic carbocycles. The highest BCUT2D eigenvalue weighted by Gasteiger charge is 2.24. The van der Waals surface area contributed by atoms with Crippen LogP contribution in [0.25, 0.3) is 20.8 Å². The standard InChI is InChI=1S/C24H20N2O2S/c1-15-4-9-21-23(11-15)29-24(26-21)16-5-7-18(8-6-16)25-19-12-17(13-20(27)14-19)22-3-2-10-28-22/h2-11,14,17,25H,12-13H2,1H3. The van der Waals surface area contributed by atoms with Gasteiger partial charge in [0.25, 0.3) is 0 Å². The van der Waals surface area contributed by atoms with Crippen LogP contribution in [-0.2, 0) is 4.79 Å². The number of aryl methyl sites for hydroxylation is 1. The molecule has 29 heavy (non-hydrogen) atoms. The van der Waals surface area contributed by atoms with Crippen molar-refractivity contribution in [2.45, 2.75) is 25.7 Å². The van der Waals surface area contributed by atoms with E-state index in [-0.39, 0.29) is 11.7 Å². The summed E-state index contributed by atoms with van der Waals surface area (Å²) in [6.45, 7) is 2.10. The Morgan fingerprint density at radius 3 is 2.76 bits per heavy atom. The van der Waals surface area contributed by atoms with E-state index in [0.29, 0.717) is 6.42 Å². The lowest BCUT2D eigenvalue weighted by molar-refractivity contribution is -0.115. The minimum atomic E-state index is 0.0930. The van der Waals surface area contributed by atoms with Gasteiger partial charge in [-0.25, -0.2) is 4.98 Å². The predicted molar refractivity (Wildman–Crippen MR) is 117 cm³/mol. The summed E-state index contributed by atoms with van der Waals surface area (Å²) < 4.78 is 6.71. The first-order valence-electron chi connectivity index (χ1n) is 9.65. The highest BCUT2D eigenvalue weighted by Crippen LogP contribution is 2.34. The van der Waals surface area contributed by atoms with Gasteiger partial charge in [0.15, 0.2) is 5.78 Å². The van der Waals surface area contributed by atoms with Gasteiger partial charge in [-0.3, -0.25) is 4.79 Å². The number of anilines is 1. The Morgan fingerprint density at radius 2 is 1.97 bits per heavy atom. The molecule has 0 amide bonds. The van der Waals surface area contributed by atoms with Gasteiger partial charge in [-0.05, 0) is 67.4 Å². The molecule has 1 aliphatic rings. The summed E-state index contributed by atoms with van der Waals surface area (Å²) in [6, 6.07) is 18.4. The molecular formula is C24H20N2O2S. The van der Waals surface area contributed by atoms with Crippen LogP contribution in [0.2, 0.25) is 0 Å². The lowest BCUT2D eigenvalue weighted by Crippen LogP contribution is -2.16. The van der Waals surface area contributed by atoms with Crippen molar-refractivity contribution in [1.29, 1.82) is 0 Å². The number of benzene rings is 2. The Hall–Kier alpha value is -3.18. The summed E-state index contributed by atoms with van der Waals surface area (Å²) in [5.41, 5.74) is 5.26. The molecule has 4 aromatic rings. The van der Waals surface area contributed by atoms with E-state index in [1.807, 2.05) is 24.3 Å². The van der Waals surface area contributed by atoms with E-state index in [0.717, 1.165) is 39.7 Å². The number of carbonyl (C=O) groups is 1. The van der Waals surface area contributed by atoms with E-state index in [9.17, 15) is 4.79 Å². The number of hydrogen-bond donors (Lipinski definition) is 1. The number of thiazole rings is 1. The van der Waals surface area contributed by atoms with Crippen LogP contribution in [0.5, 0.6) is 0 Å². The van der Waals surface area contributed by atoms with Crippen molar-refractivity contribution < 1.29 is 9.21 Å². The first-order valence-corrected chi connectivity index (χ1v) is 10.5. The molecule has 5 rings (SSSR count). The van der Waals surface area contributed by atoms with Gasteiger partial charge in [0.2, 0.25) is 0 Å². The third-order valence-corrected chi connectivity index (χ3v) is 6.24. The predicted octanol–water partition coefficient (Wildman–Crippen LogP) is 6.31. The fourth-order valence-corrected chi connectivity index (χ4v) is 4.81. The minimum absolute atomic E-state index is 0.0930. The molecule has 1 unspecified atom stereocenters. The number of allylic oxidation sites excluding steroid dienone is 2. The highest BCUT2D eigenvalue weighted by atomic mass is 32.1. The molecule has 1 atom stereocenters. The van der Waals surface area contributed by atoms with Gasteiger partial charge >= 0.3 is 0 Å². The maximum absolute atomic E-state index is 12.2. The number of carbonyl (C=O) groups excluding carboxylic acids is 1. The van der Waals surface area contributed by atoms with Gasteiger partial charge in [-0.15, -0.1) is 11.3 Å². The van der Waals surface area contributed by atoms with Crippen molar-refractivity contribution >= 4 is 33.0 Å². The van der Waals surface area contributed by atoms with Crippen LogP contribution in [0.15, 0.2) is 77.1 Å². The molecule has 0 radical (unpaired) electrons. The van der Waals surface area contributed by atoms with Gasteiger partial charge in [0.1, 0.15) is 10.8 Å². The third-order valence-electron chi connectivity index (χ3n) is 5.18. The number of rotatable bonds is 4. The normalized spacial score (nSPS) is 16.8. The number of nitrogens with zero attached hydrogens (tertiary/aromatic N) is 1. The number of ketones is 1. The lowest BCUT2D eigenvalue weighted by atomic mass is 9.89. The van der Waals surface area contributed by atoms with Crippen molar-refractivity contribution in [1.82, 2.24) is 4.98 Å². The van der Waals surface area contributed by atoms with Crippen molar-refractivity contribution in [3.8, 4) is 10.6 Å². The van der Waals surface area contributed by atoms with E-state index in [4.69, 9.17) is 9.40 Å². The smallest absolute Gasteiger partial charge is 0.158 e. The maximum atomic E-state index is 12.2. The molecule has 2 aromatic heterocycles. The monoisotopic (exact) mass is 400 g/mol. The maximum Gasteiger partial charge on any atom is 0.158 e. The van der Waals surface area contributed by atoms with Crippen molar-refractivity contribution in [3.05, 3.63) is 84.0 Å². The molecule has 5 heteroatoms. The summed E-state index contributed by atoms with van der Waals surface area (Å²) in [5.74, 6) is 1.09. The average molecular weight is 401 g/mol. The van der Waals surface area contributed by atoms with Crippen LogP contribution >= 0.6 is 11.3 Å². The Morgan fingerprint density at radius 1 is 1.10 bits per heavy atom. The molecule has 144 valence electrons. The molecule has 2 aromatic carbocycles. The van der Waals surface area contributed by atoms with Crippen molar-refractivity contribution in [2.75, 3.05) is 5.32 Å². The van der Waals surface area contributed by atoms with Crippen molar-refractivity contribution in [3.63, 3.8) is 0 Å². The number of aromatic nitrogens is 1. The molecule has 2 heterocycles. The summed E-state index contributed by atoms with van der Waals surface area (Å²) in [7, 11) is 0. The Labute approximate surface area is 172 Å². The lowest BCUT2D eigenvalue weighted by Gasteiger charge is -2.21. The summed E-state index contributed by atoms with van der Waals surface area (Å²) in [5, 5.41) is 4.41. The van der Waals surface area contributed by atoms with Gasteiger partial charge in [0, 0.05) is 35.4 Å². The highest BCUT2D eigenvalue weighted by molar-refractivity contribution is 7.21. The zero-order chi connectivity index (χ0) is 19.8. The Kier molecular flexibility index (Phi) is 4.52. The van der Waals surface area contributed by atoms with Crippen LogP contribution < -0.4 is 5.32 Å². The van der Waals surface area contributed by atoms with E-state index in [2.05, 4.69) is 42.6 Å². The molecule has 0 saturated heterocycles. The molecule has 0 saturated carbocycles. The summed E-state index contributed by atoms with van der Waals surface area (Å²) in [6.07, 6.45) is 4.63. The molecule has 4 nitrogen and oxygen atoms in total. The molecule has 1 N–H and O–H groups in total. The number of hydrogen-bond acceptors (Lipinski definition) is 5. The summed E-state index contributed by atoms with van der Waals surface area (Å²) in [4.78, 5) is 16.9. The van der Waals surface area contributed by atoms with Crippen LogP contribution in [0.1, 0.15) is 30.1 Å². The molecule has 0 fully saturated rings. The van der Waals surface area contributed by atoms with E-state index in [1.165, 1.54) is 10.3 Å². The van der Waals surface area contributed by atoms with Gasteiger partial charge in [-0.2, -0.15) is 0 Å². The van der Waals surface area contributed by atoms with E-state index in [1.54, 1.807) is 23.7 Å². The minimum Gasteiger partial charge on any atom is -0.469 e. The van der Waals surface area contributed by atoms with Gasteiger partial charge in [-0.1, -0.05) is 6.07 Å². The van der Waals surface area contributed by atoms with Crippen LogP contribution in [0.4, 0.5) is 5.69 Å². The summed E-state index contributed by atoms with van der Waals surface area (Å²) >= 11 is 1.71. The number of nitrogens with one attached hydrogen (secondary N) is 1. The van der Waals surface area contributed by atoms with Crippen LogP contribution in [0, 0.1) is 6.92 Å². The number of furan rings is 1. The quantitative estimate of drug-likeness (QED) is 0.436. The van der Waals surface area contributed by atoms with E-state index >= 15 is 0 Å². The first-order chi connectivity index (χ1) is 14.1. The van der Waals surface area contributed by atoms with Gasteiger partial charge in [0.05, 0.1) is 16.5 Å². The largest absolute Gasteiger partial charge is 0.469 e. The Balaban J connectivity index is 1.34. The van der Waals surface area contributed by atoms with Crippen LogP contribution in [0.3, 0.4) is 0 Å². The number of fused-ring (bicyclic) bond motifs is 1. The molecule has 0 spiro atoms. The SMILES string of the molecule is Cc1ccc2nc(-c3ccc(NC4=CC(=O)CC(c5ccco5)C4)cc3)sc2c1. The van der Waals surface area contributed by atoms with Crippen LogP contribution in [-0.4, -0.2) is 10.8 Å². The second kappa shape index (κ2) is 7.33. The first kappa shape index (κ1) is 17.9. The second-order valence-electron chi connectivity index (χ2n) is 7.45. The zero-order valence-electron chi connectivity index (χ0n) is 16.0. The fraction of sp³-hybridized carbons (Fsp3) is 0.167. The fourth-order valence-electron chi connectivity index (χ4n) is 3.74.